The van der Waals surface area contributed by atoms with Gasteiger partial charge < -0.3 is 15.1 Å². The van der Waals surface area contributed by atoms with Crippen molar-refractivity contribution in [1.29, 1.82) is 0 Å². The van der Waals surface area contributed by atoms with Crippen molar-refractivity contribution in [1.82, 2.24) is 34.7 Å². The lowest BCUT2D eigenvalue weighted by molar-refractivity contribution is -0.120. The molecular formula is C32H35FN8O2. The zero-order valence-electron chi connectivity index (χ0n) is 24.6. The fourth-order valence-corrected chi connectivity index (χ4v) is 6.85. The maximum atomic E-state index is 14.2. The Morgan fingerprint density at radius 3 is 2.77 bits per heavy atom. The predicted molar refractivity (Wildman–Crippen MR) is 159 cm³/mol. The number of amides is 2. The molecule has 0 radical (unpaired) electrons. The minimum Gasteiger partial charge on any atom is -0.331 e. The molecule has 7 rings (SSSR count). The first kappa shape index (κ1) is 27.6. The van der Waals surface area contributed by atoms with Gasteiger partial charge in [0.05, 0.1) is 35.7 Å². The standard InChI is InChI=1S/C32H35FN8O2/c1-20-14-38(24(13-35-20)15-39-16-26-25(31(39)43)5-4-10-34-26)17-28(42)40-18-32(2,3)29-27(40)12-22(30-36-19-37-41(29)30)11-21-6-8-23(33)9-7-21/h4-10,12,19-20,24,35H,11,13-18H2,1-3H3/t20-,24-/m1/s1. The number of halogens is 1. The summed E-state index contributed by atoms with van der Waals surface area (Å²) < 4.78 is 15.4. The van der Waals surface area contributed by atoms with E-state index in [2.05, 4.69) is 52.1 Å². The van der Waals surface area contributed by atoms with Crippen molar-refractivity contribution in [3.8, 4) is 0 Å². The summed E-state index contributed by atoms with van der Waals surface area (Å²) in [5.74, 6) is -0.274. The number of aromatic nitrogens is 4. The van der Waals surface area contributed by atoms with E-state index in [-0.39, 0.29) is 41.7 Å². The average molecular weight is 583 g/mol. The highest BCUT2D eigenvalue weighted by atomic mass is 19.1. The van der Waals surface area contributed by atoms with Crippen molar-refractivity contribution in [2.24, 2.45) is 0 Å². The Hall–Kier alpha value is -4.22. The summed E-state index contributed by atoms with van der Waals surface area (Å²) in [6.07, 6.45) is 3.80. The lowest BCUT2D eigenvalue weighted by Gasteiger charge is -2.41. The van der Waals surface area contributed by atoms with Crippen LogP contribution in [0.1, 0.15) is 53.6 Å². The smallest absolute Gasteiger partial charge is 0.256 e. The summed E-state index contributed by atoms with van der Waals surface area (Å²) in [6, 6.07) is 12.3. The zero-order chi connectivity index (χ0) is 29.9. The van der Waals surface area contributed by atoms with E-state index in [0.29, 0.717) is 44.7 Å². The van der Waals surface area contributed by atoms with Gasteiger partial charge in [0.15, 0.2) is 5.65 Å². The Morgan fingerprint density at radius 2 is 1.98 bits per heavy atom. The van der Waals surface area contributed by atoms with Crippen LogP contribution in [-0.4, -0.2) is 86.0 Å². The SMILES string of the molecule is C[C@@H]1CN(CC(=O)N2CC(C)(C)c3c2cc(Cc2ccc(F)cc2)c2ncnn32)[C@@H](CN2Cc3ncccc3C2=O)CN1. The summed E-state index contributed by atoms with van der Waals surface area (Å²) in [5.41, 5.74) is 5.53. The van der Waals surface area contributed by atoms with Crippen LogP contribution < -0.4 is 10.2 Å². The fourth-order valence-electron chi connectivity index (χ4n) is 6.85. The van der Waals surface area contributed by atoms with Gasteiger partial charge >= 0.3 is 0 Å². The van der Waals surface area contributed by atoms with E-state index >= 15 is 0 Å². The van der Waals surface area contributed by atoms with Crippen molar-refractivity contribution in [2.75, 3.05) is 37.6 Å². The summed E-state index contributed by atoms with van der Waals surface area (Å²) in [4.78, 5) is 42.1. The van der Waals surface area contributed by atoms with E-state index in [1.54, 1.807) is 30.7 Å². The Bertz CT molecular complexity index is 1720. The second kappa shape index (κ2) is 10.5. The molecule has 0 saturated carbocycles. The van der Waals surface area contributed by atoms with Gasteiger partial charge in [0, 0.05) is 61.9 Å². The van der Waals surface area contributed by atoms with Gasteiger partial charge in [-0.2, -0.15) is 5.10 Å². The lowest BCUT2D eigenvalue weighted by Crippen LogP contribution is -2.60. The number of carbonyl (C=O) groups excluding carboxylic acids is 2. The largest absolute Gasteiger partial charge is 0.331 e. The van der Waals surface area contributed by atoms with Gasteiger partial charge in [0.2, 0.25) is 5.91 Å². The Morgan fingerprint density at radius 1 is 1.16 bits per heavy atom. The number of piperazine rings is 1. The summed E-state index contributed by atoms with van der Waals surface area (Å²) in [6.45, 7) is 9.52. The Balaban J connectivity index is 1.16. The molecule has 10 nitrogen and oxygen atoms in total. The molecule has 1 fully saturated rings. The van der Waals surface area contributed by atoms with Crippen LogP contribution in [0, 0.1) is 5.82 Å². The molecule has 6 heterocycles. The number of nitrogens with one attached hydrogen (secondary N) is 1. The third-order valence-electron chi connectivity index (χ3n) is 8.94. The van der Waals surface area contributed by atoms with Gasteiger partial charge in [-0.15, -0.1) is 0 Å². The first-order chi connectivity index (χ1) is 20.7. The van der Waals surface area contributed by atoms with Gasteiger partial charge in [-0.1, -0.05) is 26.0 Å². The van der Waals surface area contributed by atoms with Crippen LogP contribution in [0.2, 0.25) is 0 Å². The first-order valence-corrected chi connectivity index (χ1v) is 14.8. The number of hydrogen-bond donors (Lipinski definition) is 1. The molecule has 3 aromatic heterocycles. The molecule has 2 amide bonds. The molecular weight excluding hydrogens is 547 g/mol. The van der Waals surface area contributed by atoms with Crippen LogP contribution in [0.3, 0.4) is 0 Å². The molecule has 222 valence electrons. The van der Waals surface area contributed by atoms with Gasteiger partial charge in [-0.05, 0) is 42.8 Å². The topological polar surface area (TPSA) is 99.0 Å². The van der Waals surface area contributed by atoms with Crippen molar-refractivity contribution >= 4 is 23.1 Å². The number of fused-ring (bicyclic) bond motifs is 4. The molecule has 0 spiro atoms. The normalized spacial score (nSPS) is 21.4. The molecule has 4 aromatic rings. The second-order valence-corrected chi connectivity index (χ2v) is 12.6. The summed E-state index contributed by atoms with van der Waals surface area (Å²) >= 11 is 0. The van der Waals surface area contributed by atoms with E-state index in [0.717, 1.165) is 33.8 Å². The molecule has 43 heavy (non-hydrogen) atoms. The highest BCUT2D eigenvalue weighted by Crippen LogP contribution is 2.42. The Kier molecular flexibility index (Phi) is 6.74. The van der Waals surface area contributed by atoms with E-state index in [4.69, 9.17) is 0 Å². The number of benzene rings is 1. The average Bonchev–Trinajstić information content (AvgIpc) is 3.66. The van der Waals surface area contributed by atoms with Gasteiger partial charge in [0.25, 0.3) is 5.91 Å². The van der Waals surface area contributed by atoms with Crippen molar-refractivity contribution in [3.05, 3.63) is 88.9 Å². The van der Waals surface area contributed by atoms with Crippen LogP contribution in [0.4, 0.5) is 10.1 Å². The zero-order valence-corrected chi connectivity index (χ0v) is 24.6. The van der Waals surface area contributed by atoms with E-state index < -0.39 is 0 Å². The lowest BCUT2D eigenvalue weighted by atomic mass is 9.90. The molecule has 0 aliphatic carbocycles. The van der Waals surface area contributed by atoms with Crippen LogP contribution >= 0.6 is 0 Å². The molecule has 0 unspecified atom stereocenters. The quantitative estimate of drug-likeness (QED) is 0.373. The number of rotatable bonds is 6. The van der Waals surface area contributed by atoms with Gasteiger partial charge in [-0.3, -0.25) is 19.5 Å². The number of hydrogen-bond acceptors (Lipinski definition) is 7. The summed E-state index contributed by atoms with van der Waals surface area (Å²) in [7, 11) is 0. The van der Waals surface area contributed by atoms with Crippen LogP contribution in [0.25, 0.3) is 5.65 Å². The number of anilines is 1. The first-order valence-electron chi connectivity index (χ1n) is 14.8. The van der Waals surface area contributed by atoms with E-state index in [1.807, 2.05) is 20.4 Å². The maximum absolute atomic E-state index is 14.2. The highest BCUT2D eigenvalue weighted by Gasteiger charge is 2.42. The molecule has 1 N–H and O–H groups in total. The maximum Gasteiger partial charge on any atom is 0.256 e. The Labute approximate surface area is 249 Å². The van der Waals surface area contributed by atoms with Crippen LogP contribution in [0.15, 0.2) is 55.0 Å². The molecule has 2 atom stereocenters. The van der Waals surface area contributed by atoms with E-state index in [1.165, 1.54) is 12.1 Å². The van der Waals surface area contributed by atoms with Crippen LogP contribution in [0.5, 0.6) is 0 Å². The van der Waals surface area contributed by atoms with Gasteiger partial charge in [-0.25, -0.2) is 13.9 Å². The minimum atomic E-state index is -0.345. The highest BCUT2D eigenvalue weighted by molar-refractivity contribution is 5.98. The molecule has 3 aliphatic rings. The predicted octanol–water partition coefficient (Wildman–Crippen LogP) is 2.80. The minimum absolute atomic E-state index is 0.00579. The number of nitrogens with zero attached hydrogens (tertiary/aromatic N) is 7. The third kappa shape index (κ3) is 4.96. The summed E-state index contributed by atoms with van der Waals surface area (Å²) in [5, 5.41) is 8.09. The monoisotopic (exact) mass is 582 g/mol. The fraction of sp³-hybridized carbons (Fsp3) is 0.406. The molecule has 0 bridgehead atoms. The molecule has 1 saturated heterocycles. The van der Waals surface area contributed by atoms with E-state index in [9.17, 15) is 14.0 Å². The number of pyridine rings is 2. The van der Waals surface area contributed by atoms with Crippen LogP contribution in [-0.2, 0) is 23.2 Å². The molecule has 11 heteroatoms. The van der Waals surface area contributed by atoms with Gasteiger partial charge in [0.1, 0.15) is 12.1 Å². The van der Waals surface area contributed by atoms with Crippen molar-refractivity contribution in [3.63, 3.8) is 0 Å². The molecule has 3 aliphatic heterocycles. The van der Waals surface area contributed by atoms with Crippen molar-refractivity contribution in [2.45, 2.75) is 51.2 Å². The third-order valence-corrected chi connectivity index (χ3v) is 8.94. The second-order valence-electron chi connectivity index (χ2n) is 12.6. The molecule has 1 aromatic carbocycles. The number of carbonyl (C=O) groups is 2. The van der Waals surface area contributed by atoms with Crippen molar-refractivity contribution < 1.29 is 14.0 Å².